The maximum Gasteiger partial charge on any atom is 0.271 e. The molecule has 0 saturated heterocycles. The first kappa shape index (κ1) is 13.5. The molecule has 1 N–H and O–H groups in total. The summed E-state index contributed by atoms with van der Waals surface area (Å²) < 4.78 is 10.7. The fraction of sp³-hybridized carbons (Fsp3) is 0.143. The number of nitrogens with one attached hydrogen (secondary N) is 1. The van der Waals surface area contributed by atoms with Crippen LogP contribution in [-0.4, -0.2) is 11.7 Å². The summed E-state index contributed by atoms with van der Waals surface area (Å²) in [6.07, 6.45) is 0. The highest BCUT2D eigenvalue weighted by Crippen LogP contribution is 2.36. The fourth-order valence-electron chi connectivity index (χ4n) is 2.08. The highest BCUT2D eigenvalue weighted by Gasteiger charge is 2.17. The van der Waals surface area contributed by atoms with E-state index in [4.69, 9.17) is 21.1 Å². The lowest BCUT2D eigenvalue weighted by Gasteiger charge is -2.10. The van der Waals surface area contributed by atoms with Gasteiger partial charge in [0, 0.05) is 24.2 Å². The molecule has 7 heteroatoms. The van der Waals surface area contributed by atoms with Crippen LogP contribution >= 0.6 is 11.6 Å². The van der Waals surface area contributed by atoms with Gasteiger partial charge in [-0.1, -0.05) is 23.7 Å². The molecule has 0 aliphatic carbocycles. The summed E-state index contributed by atoms with van der Waals surface area (Å²) in [6, 6.07) is 9.85. The van der Waals surface area contributed by atoms with Crippen molar-refractivity contribution >= 4 is 23.0 Å². The van der Waals surface area contributed by atoms with Crippen molar-refractivity contribution in [2.75, 3.05) is 12.1 Å². The van der Waals surface area contributed by atoms with Crippen LogP contribution in [0.2, 0.25) is 5.02 Å². The van der Waals surface area contributed by atoms with E-state index in [0.717, 1.165) is 5.56 Å². The number of hydrogen-bond acceptors (Lipinski definition) is 5. The molecule has 2 aromatic rings. The first-order valence-electron chi connectivity index (χ1n) is 6.20. The number of benzene rings is 2. The van der Waals surface area contributed by atoms with Crippen molar-refractivity contribution in [1.82, 2.24) is 0 Å². The molecule has 0 atom stereocenters. The average Bonchev–Trinajstić information content (AvgIpc) is 2.95. The highest BCUT2D eigenvalue weighted by atomic mass is 35.5. The summed E-state index contributed by atoms with van der Waals surface area (Å²) in [5, 5.41) is 14.3. The molecular weight excluding hydrogens is 296 g/mol. The summed E-state index contributed by atoms with van der Waals surface area (Å²) >= 11 is 6.04. The molecule has 2 aromatic carbocycles. The van der Waals surface area contributed by atoms with Crippen LogP contribution in [0.15, 0.2) is 36.4 Å². The minimum absolute atomic E-state index is 0.0141. The van der Waals surface area contributed by atoms with E-state index in [1.54, 1.807) is 0 Å². The zero-order chi connectivity index (χ0) is 14.8. The van der Waals surface area contributed by atoms with Gasteiger partial charge in [0.05, 0.1) is 15.6 Å². The summed E-state index contributed by atoms with van der Waals surface area (Å²) in [4.78, 5) is 10.3. The van der Waals surface area contributed by atoms with Crippen molar-refractivity contribution in [2.24, 2.45) is 0 Å². The Morgan fingerprint density at radius 3 is 2.95 bits per heavy atom. The zero-order valence-electron chi connectivity index (χ0n) is 10.8. The van der Waals surface area contributed by atoms with E-state index < -0.39 is 4.92 Å². The van der Waals surface area contributed by atoms with Crippen molar-refractivity contribution < 1.29 is 14.4 Å². The zero-order valence-corrected chi connectivity index (χ0v) is 11.6. The summed E-state index contributed by atoms with van der Waals surface area (Å²) in [5.74, 6) is 1.38. The third kappa shape index (κ3) is 2.71. The first-order valence-corrected chi connectivity index (χ1v) is 6.58. The molecule has 0 saturated carbocycles. The van der Waals surface area contributed by atoms with Crippen molar-refractivity contribution in [3.05, 3.63) is 57.1 Å². The standard InChI is InChI=1S/C14H11ClN2O4/c15-11-5-4-10(17(18)19)6-12(11)16-7-9-2-1-3-13-14(9)21-8-20-13/h1-6,16H,7-8H2. The number of nitro groups is 1. The minimum Gasteiger partial charge on any atom is -0.454 e. The third-order valence-electron chi connectivity index (χ3n) is 3.11. The van der Waals surface area contributed by atoms with Gasteiger partial charge < -0.3 is 14.8 Å². The van der Waals surface area contributed by atoms with Crippen LogP contribution in [0, 0.1) is 10.1 Å². The Balaban J connectivity index is 1.81. The second-order valence-electron chi connectivity index (χ2n) is 4.43. The van der Waals surface area contributed by atoms with Crippen molar-refractivity contribution in [2.45, 2.75) is 6.54 Å². The number of fused-ring (bicyclic) bond motifs is 1. The van der Waals surface area contributed by atoms with Gasteiger partial charge in [0.1, 0.15) is 0 Å². The fourth-order valence-corrected chi connectivity index (χ4v) is 2.27. The van der Waals surface area contributed by atoms with Gasteiger partial charge >= 0.3 is 0 Å². The number of hydrogen-bond donors (Lipinski definition) is 1. The van der Waals surface area contributed by atoms with E-state index in [0.29, 0.717) is 28.8 Å². The van der Waals surface area contributed by atoms with Gasteiger partial charge in [-0.3, -0.25) is 10.1 Å². The lowest BCUT2D eigenvalue weighted by atomic mass is 10.2. The van der Waals surface area contributed by atoms with Gasteiger partial charge in [0.25, 0.3) is 5.69 Å². The number of anilines is 1. The maximum absolute atomic E-state index is 10.8. The van der Waals surface area contributed by atoms with Gasteiger partial charge in [-0.2, -0.15) is 0 Å². The number of para-hydroxylation sites is 1. The number of nitro benzene ring substituents is 1. The van der Waals surface area contributed by atoms with E-state index in [9.17, 15) is 10.1 Å². The topological polar surface area (TPSA) is 73.6 Å². The molecule has 0 bridgehead atoms. The van der Waals surface area contributed by atoms with Crippen molar-refractivity contribution in [3.63, 3.8) is 0 Å². The average molecular weight is 307 g/mol. The van der Waals surface area contributed by atoms with Crippen LogP contribution in [0.3, 0.4) is 0 Å². The van der Waals surface area contributed by atoms with E-state index >= 15 is 0 Å². The predicted octanol–water partition coefficient (Wildman–Crippen LogP) is 3.59. The molecule has 0 radical (unpaired) electrons. The third-order valence-corrected chi connectivity index (χ3v) is 3.44. The van der Waals surface area contributed by atoms with Gasteiger partial charge in [0.15, 0.2) is 11.5 Å². The molecular formula is C14H11ClN2O4. The quantitative estimate of drug-likeness (QED) is 0.690. The predicted molar refractivity (Wildman–Crippen MR) is 78.0 cm³/mol. The van der Waals surface area contributed by atoms with E-state index in [1.807, 2.05) is 18.2 Å². The molecule has 1 heterocycles. The number of non-ortho nitro benzene ring substituents is 1. The Morgan fingerprint density at radius 2 is 2.14 bits per heavy atom. The smallest absolute Gasteiger partial charge is 0.271 e. The molecule has 1 aliphatic rings. The summed E-state index contributed by atoms with van der Waals surface area (Å²) in [5.41, 5.74) is 1.38. The maximum atomic E-state index is 10.8. The largest absolute Gasteiger partial charge is 0.454 e. The van der Waals surface area contributed by atoms with Crippen molar-refractivity contribution in [3.8, 4) is 11.5 Å². The van der Waals surface area contributed by atoms with E-state index in [2.05, 4.69) is 5.32 Å². The van der Waals surface area contributed by atoms with Crippen LogP contribution in [-0.2, 0) is 6.54 Å². The van der Waals surface area contributed by atoms with Crippen LogP contribution in [0.5, 0.6) is 11.5 Å². The molecule has 0 unspecified atom stereocenters. The first-order chi connectivity index (χ1) is 10.1. The van der Waals surface area contributed by atoms with Crippen LogP contribution in [0.4, 0.5) is 11.4 Å². The molecule has 0 fully saturated rings. The summed E-state index contributed by atoms with van der Waals surface area (Å²) in [7, 11) is 0. The van der Waals surface area contributed by atoms with E-state index in [-0.39, 0.29) is 12.5 Å². The van der Waals surface area contributed by atoms with Gasteiger partial charge in [0.2, 0.25) is 6.79 Å². The summed E-state index contributed by atoms with van der Waals surface area (Å²) in [6.45, 7) is 0.622. The normalized spacial score (nSPS) is 12.2. The highest BCUT2D eigenvalue weighted by molar-refractivity contribution is 6.33. The lowest BCUT2D eigenvalue weighted by Crippen LogP contribution is -2.02. The van der Waals surface area contributed by atoms with Crippen LogP contribution in [0.1, 0.15) is 5.56 Å². The molecule has 21 heavy (non-hydrogen) atoms. The number of ether oxygens (including phenoxy) is 2. The molecule has 0 amide bonds. The van der Waals surface area contributed by atoms with Gasteiger partial charge in [-0.25, -0.2) is 0 Å². The SMILES string of the molecule is O=[N+]([O-])c1ccc(Cl)c(NCc2cccc3c2OCO3)c1. The molecule has 0 spiro atoms. The molecule has 108 valence electrons. The molecule has 3 rings (SSSR count). The monoisotopic (exact) mass is 306 g/mol. The Hall–Kier alpha value is -2.47. The second-order valence-corrected chi connectivity index (χ2v) is 4.83. The molecule has 6 nitrogen and oxygen atoms in total. The molecule has 0 aromatic heterocycles. The second kappa shape index (κ2) is 5.49. The van der Waals surface area contributed by atoms with Crippen LogP contribution < -0.4 is 14.8 Å². The number of rotatable bonds is 4. The van der Waals surface area contributed by atoms with Gasteiger partial charge in [-0.05, 0) is 12.1 Å². The van der Waals surface area contributed by atoms with Crippen molar-refractivity contribution in [1.29, 1.82) is 0 Å². The Labute approximate surface area is 125 Å². The minimum atomic E-state index is -0.460. The number of halogens is 1. The molecule has 1 aliphatic heterocycles. The Kier molecular flexibility index (Phi) is 3.53. The Bertz CT molecular complexity index is 705. The van der Waals surface area contributed by atoms with Crippen LogP contribution in [0.25, 0.3) is 0 Å². The number of nitrogens with zero attached hydrogens (tertiary/aromatic N) is 1. The van der Waals surface area contributed by atoms with E-state index in [1.165, 1.54) is 18.2 Å². The Morgan fingerprint density at radius 1 is 1.29 bits per heavy atom. The van der Waals surface area contributed by atoms with Gasteiger partial charge in [-0.15, -0.1) is 0 Å². The lowest BCUT2D eigenvalue weighted by molar-refractivity contribution is -0.384.